The molecule has 0 bridgehead atoms. The molecule has 8 heteroatoms. The van der Waals surface area contributed by atoms with Gasteiger partial charge in [0, 0.05) is 55.7 Å². The van der Waals surface area contributed by atoms with Crippen LogP contribution in [-0.2, 0) is 0 Å². The van der Waals surface area contributed by atoms with E-state index in [1.165, 1.54) is 0 Å². The lowest BCUT2D eigenvalue weighted by Gasteiger charge is -2.37. The molecule has 8 nitrogen and oxygen atoms in total. The number of nitrogens with zero attached hydrogens (tertiary/aromatic N) is 5. The number of pyridine rings is 2. The zero-order chi connectivity index (χ0) is 24.3. The number of fused-ring (bicyclic) bond motifs is 1. The van der Waals surface area contributed by atoms with Crippen LogP contribution in [0.2, 0.25) is 0 Å². The predicted molar refractivity (Wildman–Crippen MR) is 134 cm³/mol. The summed E-state index contributed by atoms with van der Waals surface area (Å²) in [4.78, 5) is 11.0. The van der Waals surface area contributed by atoms with Crippen LogP contribution in [0.5, 0.6) is 5.75 Å². The van der Waals surface area contributed by atoms with E-state index in [2.05, 4.69) is 20.9 Å². The summed E-state index contributed by atoms with van der Waals surface area (Å²) >= 11 is 0. The van der Waals surface area contributed by atoms with Crippen molar-refractivity contribution in [1.29, 1.82) is 0 Å². The molecule has 1 aliphatic heterocycles. The van der Waals surface area contributed by atoms with Crippen molar-refractivity contribution in [3.05, 3.63) is 42.4 Å². The number of aliphatic imine (C=N–C) groups is 1. The number of hydrogen-bond acceptors (Lipinski definition) is 7. The van der Waals surface area contributed by atoms with Crippen LogP contribution in [0.15, 0.2) is 41.8 Å². The minimum absolute atomic E-state index is 0.153. The maximum Gasteiger partial charge on any atom is 0.138 e. The Morgan fingerprint density at radius 1 is 1.29 bits per heavy atom. The Bertz CT molecular complexity index is 1210. The molecule has 178 valence electrons. The Morgan fingerprint density at radius 2 is 2.06 bits per heavy atom. The minimum atomic E-state index is -0.955. The normalized spacial score (nSPS) is 16.2. The van der Waals surface area contributed by atoms with E-state index >= 15 is 0 Å². The van der Waals surface area contributed by atoms with Gasteiger partial charge in [-0.2, -0.15) is 5.10 Å². The summed E-state index contributed by atoms with van der Waals surface area (Å²) in [5, 5.41) is 25.1. The van der Waals surface area contributed by atoms with E-state index in [9.17, 15) is 10.2 Å². The molecule has 0 unspecified atom stereocenters. The van der Waals surface area contributed by atoms with Crippen LogP contribution in [0, 0.1) is 12.3 Å². The molecule has 1 saturated heterocycles. The molecule has 0 aromatic carbocycles. The molecule has 0 aliphatic carbocycles. The number of terminal acetylenes is 1. The Labute approximate surface area is 199 Å². The van der Waals surface area contributed by atoms with Crippen molar-refractivity contribution in [2.24, 2.45) is 4.99 Å². The smallest absolute Gasteiger partial charge is 0.138 e. The van der Waals surface area contributed by atoms with Crippen molar-refractivity contribution in [2.75, 3.05) is 31.6 Å². The van der Waals surface area contributed by atoms with Gasteiger partial charge in [-0.3, -0.25) is 4.99 Å². The summed E-state index contributed by atoms with van der Waals surface area (Å²) in [6.45, 7) is 4.96. The molecule has 1 fully saturated rings. The van der Waals surface area contributed by atoms with Gasteiger partial charge in [0.15, 0.2) is 0 Å². The fourth-order valence-corrected chi connectivity index (χ4v) is 4.16. The maximum atomic E-state index is 10.6. The minimum Gasteiger partial charge on any atom is -0.489 e. The second-order valence-corrected chi connectivity index (χ2v) is 9.47. The number of aromatic nitrogens is 3. The average Bonchev–Trinajstić information content (AvgIpc) is 3.20. The molecule has 0 atom stereocenters. The van der Waals surface area contributed by atoms with Gasteiger partial charge in [-0.1, -0.05) is 0 Å². The van der Waals surface area contributed by atoms with Gasteiger partial charge in [0.25, 0.3) is 0 Å². The number of piperidine rings is 1. The molecule has 3 aromatic heterocycles. The first-order chi connectivity index (χ1) is 16.2. The van der Waals surface area contributed by atoms with Gasteiger partial charge < -0.3 is 19.8 Å². The van der Waals surface area contributed by atoms with Crippen LogP contribution in [0.1, 0.15) is 38.7 Å². The third-order valence-electron chi connectivity index (χ3n) is 5.98. The lowest BCUT2D eigenvalue weighted by Crippen LogP contribution is -2.44. The van der Waals surface area contributed by atoms with Gasteiger partial charge in [0.05, 0.1) is 29.1 Å². The molecule has 2 N–H and O–H groups in total. The molecule has 1 aliphatic rings. The molecule has 0 radical (unpaired) electrons. The van der Waals surface area contributed by atoms with Gasteiger partial charge in [0.2, 0.25) is 0 Å². The lowest BCUT2D eigenvalue weighted by atomic mass is 9.88. The van der Waals surface area contributed by atoms with E-state index in [1.807, 2.05) is 24.4 Å². The monoisotopic (exact) mass is 461 g/mol. The van der Waals surface area contributed by atoms with Crippen LogP contribution < -0.4 is 9.64 Å². The Morgan fingerprint density at radius 3 is 2.68 bits per heavy atom. The highest BCUT2D eigenvalue weighted by atomic mass is 16.5. The third-order valence-corrected chi connectivity index (χ3v) is 5.98. The SMILES string of the molecule is C#CCC1(O)CCN(c2ccc(-c3cc(OCC(C)(C)O)cn4ncc(C=NC)c34)cn2)CC1. The van der Waals surface area contributed by atoms with Gasteiger partial charge in [0.1, 0.15) is 18.2 Å². The van der Waals surface area contributed by atoms with E-state index < -0.39 is 11.2 Å². The average molecular weight is 462 g/mol. The summed E-state index contributed by atoms with van der Waals surface area (Å²) in [6, 6.07) is 5.96. The standard InChI is InChI=1S/C26H31N5O3/c1-5-8-26(33)9-11-30(12-10-26)23-7-6-19(15-28-23)22-13-21(34-18-25(2,3)32)17-31-24(22)20(14-27-4)16-29-31/h1,6-7,13-17,32-33H,8-12,18H2,2-4H3. The summed E-state index contributed by atoms with van der Waals surface area (Å²) < 4.78 is 7.62. The Kier molecular flexibility index (Phi) is 6.60. The van der Waals surface area contributed by atoms with E-state index in [4.69, 9.17) is 16.1 Å². The van der Waals surface area contributed by atoms with E-state index in [0.717, 1.165) is 28.0 Å². The Balaban J connectivity index is 1.64. The van der Waals surface area contributed by atoms with Gasteiger partial charge in [-0.25, -0.2) is 9.50 Å². The number of ether oxygens (including phenoxy) is 1. The highest BCUT2D eigenvalue weighted by molar-refractivity contribution is 5.96. The van der Waals surface area contributed by atoms with Gasteiger partial charge >= 0.3 is 0 Å². The molecule has 0 saturated carbocycles. The molecular formula is C26H31N5O3. The summed E-state index contributed by atoms with van der Waals surface area (Å²) in [5.41, 5.74) is 1.87. The van der Waals surface area contributed by atoms with Crippen LogP contribution >= 0.6 is 0 Å². The quantitative estimate of drug-likeness (QED) is 0.415. The second-order valence-electron chi connectivity index (χ2n) is 9.47. The lowest BCUT2D eigenvalue weighted by molar-refractivity contribution is 0.0210. The van der Waals surface area contributed by atoms with Crippen molar-refractivity contribution in [2.45, 2.75) is 44.3 Å². The summed E-state index contributed by atoms with van der Waals surface area (Å²) in [7, 11) is 1.73. The molecule has 3 aromatic rings. The number of rotatable bonds is 7. The molecule has 4 rings (SSSR count). The molecule has 0 spiro atoms. The van der Waals surface area contributed by atoms with Crippen molar-refractivity contribution < 1.29 is 14.9 Å². The van der Waals surface area contributed by atoms with Gasteiger partial charge in [-0.05, 0) is 44.9 Å². The highest BCUT2D eigenvalue weighted by Gasteiger charge is 2.31. The zero-order valence-electron chi connectivity index (χ0n) is 19.9. The van der Waals surface area contributed by atoms with Crippen molar-refractivity contribution in [1.82, 2.24) is 14.6 Å². The number of aliphatic hydroxyl groups is 2. The van der Waals surface area contributed by atoms with Crippen molar-refractivity contribution in [3.8, 4) is 29.2 Å². The first-order valence-electron chi connectivity index (χ1n) is 11.4. The Hall–Kier alpha value is -3.41. The molecule has 34 heavy (non-hydrogen) atoms. The van der Waals surface area contributed by atoms with E-state index in [-0.39, 0.29) is 6.61 Å². The molecule has 0 amide bonds. The summed E-state index contributed by atoms with van der Waals surface area (Å²) in [6.07, 6.45) is 14.2. The molecular weight excluding hydrogens is 430 g/mol. The number of hydrogen-bond donors (Lipinski definition) is 2. The fourth-order valence-electron chi connectivity index (χ4n) is 4.16. The fraction of sp³-hybridized carbons (Fsp3) is 0.423. The topological polar surface area (TPSA) is 95.5 Å². The molecule has 4 heterocycles. The highest BCUT2D eigenvalue weighted by Crippen LogP contribution is 2.32. The predicted octanol–water partition coefficient (Wildman–Crippen LogP) is 2.95. The first kappa shape index (κ1) is 23.7. The summed E-state index contributed by atoms with van der Waals surface area (Å²) in [5.74, 6) is 4.04. The van der Waals surface area contributed by atoms with Gasteiger partial charge in [-0.15, -0.1) is 12.3 Å². The van der Waals surface area contributed by atoms with E-state index in [0.29, 0.717) is 38.1 Å². The van der Waals surface area contributed by atoms with Crippen molar-refractivity contribution in [3.63, 3.8) is 0 Å². The van der Waals surface area contributed by atoms with Crippen molar-refractivity contribution >= 4 is 17.5 Å². The first-order valence-corrected chi connectivity index (χ1v) is 11.4. The number of anilines is 1. The second kappa shape index (κ2) is 9.45. The van der Waals surface area contributed by atoms with E-state index in [1.54, 1.807) is 44.0 Å². The maximum absolute atomic E-state index is 10.6. The van der Waals surface area contributed by atoms with Crippen LogP contribution in [-0.4, -0.2) is 69.0 Å². The van der Waals surface area contributed by atoms with Crippen LogP contribution in [0.3, 0.4) is 0 Å². The van der Waals surface area contributed by atoms with Crippen LogP contribution in [0.25, 0.3) is 16.6 Å². The van der Waals surface area contributed by atoms with Crippen LogP contribution in [0.4, 0.5) is 5.82 Å². The largest absolute Gasteiger partial charge is 0.489 e. The third kappa shape index (κ3) is 5.22. The zero-order valence-corrected chi connectivity index (χ0v) is 19.9.